The molecule has 0 aliphatic heterocycles. The summed E-state index contributed by atoms with van der Waals surface area (Å²) in [6.07, 6.45) is 1.76. The Kier molecular flexibility index (Phi) is 3.33. The van der Waals surface area contributed by atoms with Gasteiger partial charge in [-0.05, 0) is 13.3 Å². The monoisotopic (exact) mass is 201 g/mol. The second kappa shape index (κ2) is 4.11. The van der Waals surface area contributed by atoms with E-state index in [2.05, 4.69) is 12.0 Å². The lowest BCUT2D eigenvalue weighted by molar-refractivity contribution is 0.601. The zero-order valence-corrected chi connectivity index (χ0v) is 9.10. The minimum Gasteiger partial charge on any atom is -0.327 e. The number of aromatic nitrogens is 2. The highest BCUT2D eigenvalue weighted by Gasteiger charge is 2.13. The Morgan fingerprint density at radius 1 is 1.62 bits per heavy atom. The molecule has 4 heteroatoms. The number of nitrogens with zero attached hydrogens (tertiary/aromatic N) is 2. The third-order valence-electron chi connectivity index (χ3n) is 2.24. The third-order valence-corrected chi connectivity index (χ3v) is 2.73. The summed E-state index contributed by atoms with van der Waals surface area (Å²) in [6.45, 7) is 3.98. The van der Waals surface area contributed by atoms with Crippen LogP contribution in [-0.4, -0.2) is 15.8 Å². The van der Waals surface area contributed by atoms with Gasteiger partial charge in [-0.15, -0.1) is 0 Å². The van der Waals surface area contributed by atoms with Crippen LogP contribution in [0.1, 0.15) is 24.7 Å². The predicted octanol–water partition coefficient (Wildman–Crippen LogP) is 1.66. The zero-order chi connectivity index (χ0) is 10.0. The number of rotatable bonds is 3. The van der Waals surface area contributed by atoms with E-state index in [0.717, 1.165) is 29.3 Å². The van der Waals surface area contributed by atoms with Gasteiger partial charge >= 0.3 is 0 Å². The Morgan fingerprint density at radius 2 is 2.23 bits per heavy atom. The van der Waals surface area contributed by atoms with E-state index in [-0.39, 0.29) is 6.04 Å². The number of hydrogen-bond acceptors (Lipinski definition) is 2. The van der Waals surface area contributed by atoms with Gasteiger partial charge in [-0.1, -0.05) is 18.5 Å². The van der Waals surface area contributed by atoms with Gasteiger partial charge in [0.1, 0.15) is 0 Å². The summed E-state index contributed by atoms with van der Waals surface area (Å²) in [5, 5.41) is 4.98. The van der Waals surface area contributed by atoms with Crippen molar-refractivity contribution < 1.29 is 0 Å². The van der Waals surface area contributed by atoms with Crippen LogP contribution in [0.4, 0.5) is 0 Å². The first-order chi connectivity index (χ1) is 6.06. The molecule has 0 radical (unpaired) electrons. The van der Waals surface area contributed by atoms with Gasteiger partial charge in [0.25, 0.3) is 0 Å². The maximum Gasteiger partial charge on any atom is 0.0847 e. The molecule has 0 fully saturated rings. The van der Waals surface area contributed by atoms with E-state index in [1.54, 1.807) is 0 Å². The number of halogens is 1. The van der Waals surface area contributed by atoms with Gasteiger partial charge < -0.3 is 5.73 Å². The fraction of sp³-hybridized carbons (Fsp3) is 0.667. The standard InChI is InChI=1S/C9H16ClN3/c1-4-7(11)5-8-9(10)6(2)12-13(8)3/h7H,4-5,11H2,1-3H3. The molecule has 0 amide bonds. The molecule has 13 heavy (non-hydrogen) atoms. The Hall–Kier alpha value is -0.540. The fourth-order valence-electron chi connectivity index (χ4n) is 1.29. The summed E-state index contributed by atoms with van der Waals surface area (Å²) >= 11 is 6.08. The first kappa shape index (κ1) is 10.5. The van der Waals surface area contributed by atoms with E-state index in [9.17, 15) is 0 Å². The van der Waals surface area contributed by atoms with Crippen molar-refractivity contribution in [3.8, 4) is 0 Å². The SMILES string of the molecule is CCC(N)Cc1c(Cl)c(C)nn1C. The van der Waals surface area contributed by atoms with Crippen LogP contribution >= 0.6 is 11.6 Å². The third kappa shape index (κ3) is 2.23. The lowest BCUT2D eigenvalue weighted by atomic mass is 10.1. The fourth-order valence-corrected chi connectivity index (χ4v) is 1.53. The summed E-state index contributed by atoms with van der Waals surface area (Å²) < 4.78 is 1.81. The van der Waals surface area contributed by atoms with E-state index in [4.69, 9.17) is 17.3 Å². The molecule has 0 saturated carbocycles. The molecular weight excluding hydrogens is 186 g/mol. The molecule has 74 valence electrons. The smallest absolute Gasteiger partial charge is 0.0847 e. The zero-order valence-electron chi connectivity index (χ0n) is 8.34. The molecule has 0 saturated heterocycles. The molecule has 1 heterocycles. The van der Waals surface area contributed by atoms with E-state index < -0.39 is 0 Å². The van der Waals surface area contributed by atoms with E-state index in [1.165, 1.54) is 0 Å². The van der Waals surface area contributed by atoms with Crippen molar-refractivity contribution in [1.82, 2.24) is 9.78 Å². The van der Waals surface area contributed by atoms with Gasteiger partial charge in [0.05, 0.1) is 16.4 Å². The number of hydrogen-bond donors (Lipinski definition) is 1. The van der Waals surface area contributed by atoms with Crippen molar-refractivity contribution in [2.75, 3.05) is 0 Å². The number of nitrogens with two attached hydrogens (primary N) is 1. The normalized spacial score (nSPS) is 13.3. The lowest BCUT2D eigenvalue weighted by Crippen LogP contribution is -2.22. The molecular formula is C9H16ClN3. The van der Waals surface area contributed by atoms with Crippen LogP contribution < -0.4 is 5.73 Å². The first-order valence-corrected chi connectivity index (χ1v) is 4.87. The molecule has 0 spiro atoms. The van der Waals surface area contributed by atoms with Gasteiger partial charge in [0, 0.05) is 19.5 Å². The second-order valence-electron chi connectivity index (χ2n) is 3.34. The topological polar surface area (TPSA) is 43.8 Å². The second-order valence-corrected chi connectivity index (χ2v) is 3.72. The van der Waals surface area contributed by atoms with Crippen LogP contribution in [0.15, 0.2) is 0 Å². The molecule has 0 bridgehead atoms. The Morgan fingerprint density at radius 3 is 2.62 bits per heavy atom. The molecule has 1 aromatic heterocycles. The predicted molar refractivity (Wildman–Crippen MR) is 54.9 cm³/mol. The van der Waals surface area contributed by atoms with E-state index in [1.807, 2.05) is 18.7 Å². The molecule has 0 aliphatic rings. The molecule has 1 unspecified atom stereocenters. The lowest BCUT2D eigenvalue weighted by Gasteiger charge is -2.08. The molecule has 2 N–H and O–H groups in total. The first-order valence-electron chi connectivity index (χ1n) is 4.49. The largest absolute Gasteiger partial charge is 0.327 e. The van der Waals surface area contributed by atoms with Crippen molar-refractivity contribution in [1.29, 1.82) is 0 Å². The molecule has 1 aromatic rings. The van der Waals surface area contributed by atoms with Crippen LogP contribution in [0.5, 0.6) is 0 Å². The van der Waals surface area contributed by atoms with Gasteiger partial charge in [0.2, 0.25) is 0 Å². The molecule has 1 rings (SSSR count). The van der Waals surface area contributed by atoms with Crippen molar-refractivity contribution in [2.45, 2.75) is 32.7 Å². The minimum atomic E-state index is 0.173. The summed E-state index contributed by atoms with van der Waals surface area (Å²) in [5.41, 5.74) is 7.77. The van der Waals surface area contributed by atoms with Crippen LogP contribution in [0.25, 0.3) is 0 Å². The van der Waals surface area contributed by atoms with Crippen LogP contribution in [-0.2, 0) is 13.5 Å². The van der Waals surface area contributed by atoms with Gasteiger partial charge in [-0.3, -0.25) is 4.68 Å². The van der Waals surface area contributed by atoms with Crippen molar-refractivity contribution in [2.24, 2.45) is 12.8 Å². The maximum absolute atomic E-state index is 6.08. The van der Waals surface area contributed by atoms with Crippen LogP contribution in [0, 0.1) is 6.92 Å². The van der Waals surface area contributed by atoms with Gasteiger partial charge in [-0.25, -0.2) is 0 Å². The quantitative estimate of drug-likeness (QED) is 0.809. The molecule has 0 aromatic carbocycles. The summed E-state index contributed by atoms with van der Waals surface area (Å²) in [6, 6.07) is 0.173. The average molecular weight is 202 g/mol. The van der Waals surface area contributed by atoms with Crippen LogP contribution in [0.2, 0.25) is 5.02 Å². The highest BCUT2D eigenvalue weighted by atomic mass is 35.5. The van der Waals surface area contributed by atoms with Crippen molar-refractivity contribution >= 4 is 11.6 Å². The van der Waals surface area contributed by atoms with Crippen LogP contribution in [0.3, 0.4) is 0 Å². The Balaban J connectivity index is 2.87. The summed E-state index contributed by atoms with van der Waals surface area (Å²) in [5.74, 6) is 0. The molecule has 0 aliphatic carbocycles. The van der Waals surface area contributed by atoms with Crippen molar-refractivity contribution in [3.63, 3.8) is 0 Å². The van der Waals surface area contributed by atoms with Gasteiger partial charge in [0.15, 0.2) is 0 Å². The van der Waals surface area contributed by atoms with E-state index in [0.29, 0.717) is 0 Å². The van der Waals surface area contributed by atoms with Gasteiger partial charge in [-0.2, -0.15) is 5.10 Å². The van der Waals surface area contributed by atoms with Crippen molar-refractivity contribution in [3.05, 3.63) is 16.4 Å². The number of aryl methyl sites for hydroxylation is 2. The highest BCUT2D eigenvalue weighted by Crippen LogP contribution is 2.20. The Bertz CT molecular complexity index is 293. The average Bonchev–Trinajstić information content (AvgIpc) is 2.32. The highest BCUT2D eigenvalue weighted by molar-refractivity contribution is 6.31. The summed E-state index contributed by atoms with van der Waals surface area (Å²) in [7, 11) is 1.90. The van der Waals surface area contributed by atoms with E-state index >= 15 is 0 Å². The Labute approximate surface area is 83.9 Å². The summed E-state index contributed by atoms with van der Waals surface area (Å²) in [4.78, 5) is 0. The minimum absolute atomic E-state index is 0.173. The maximum atomic E-state index is 6.08. The molecule has 3 nitrogen and oxygen atoms in total. The molecule has 1 atom stereocenters.